The van der Waals surface area contributed by atoms with Gasteiger partial charge in [0.1, 0.15) is 5.82 Å². The number of nitrogens with one attached hydrogen (secondary N) is 2. The Balaban J connectivity index is 1.80. The van der Waals surface area contributed by atoms with E-state index in [0.717, 1.165) is 22.0 Å². The summed E-state index contributed by atoms with van der Waals surface area (Å²) in [6.45, 7) is 0. The highest BCUT2D eigenvalue weighted by atomic mass is 35.5. The summed E-state index contributed by atoms with van der Waals surface area (Å²) in [5.41, 5.74) is 8.23. The van der Waals surface area contributed by atoms with E-state index in [4.69, 9.17) is 26.8 Å². The number of rotatable bonds is 5. The van der Waals surface area contributed by atoms with Crippen molar-refractivity contribution < 1.29 is 9.47 Å². The van der Waals surface area contributed by atoms with Crippen molar-refractivity contribution in [3.63, 3.8) is 0 Å². The van der Waals surface area contributed by atoms with E-state index in [9.17, 15) is 0 Å². The van der Waals surface area contributed by atoms with E-state index in [1.807, 2.05) is 30.3 Å². The predicted octanol–water partition coefficient (Wildman–Crippen LogP) is 4.02. The minimum Gasteiger partial charge on any atom is -0.493 e. The van der Waals surface area contributed by atoms with Gasteiger partial charge in [0.05, 0.1) is 19.7 Å². The van der Waals surface area contributed by atoms with Crippen LogP contribution in [0.2, 0.25) is 5.02 Å². The van der Waals surface area contributed by atoms with Crippen LogP contribution < -0.4 is 20.5 Å². The van der Waals surface area contributed by atoms with Gasteiger partial charge in [0.25, 0.3) is 0 Å². The lowest BCUT2D eigenvalue weighted by atomic mass is 10.1. The Kier molecular flexibility index (Phi) is 4.62. The standard InChI is InChI=1S/C19H17ClN6O2/c1-27-15-6-3-10(7-16(15)28-2)13-9-22-19(21)24-17(13)23-18-12-8-11(20)4-5-14(12)25-26-18/h3-9H,1-2H3,(H4,21,22,23,24,25,26). The van der Waals surface area contributed by atoms with Crippen molar-refractivity contribution in [2.45, 2.75) is 0 Å². The molecule has 0 radical (unpaired) electrons. The first-order valence-corrected chi connectivity index (χ1v) is 8.72. The number of hydrogen-bond acceptors (Lipinski definition) is 7. The van der Waals surface area contributed by atoms with E-state index in [0.29, 0.717) is 28.2 Å². The molecule has 0 amide bonds. The number of aromatic nitrogens is 4. The third-order valence-corrected chi connectivity index (χ3v) is 4.50. The largest absolute Gasteiger partial charge is 0.493 e. The molecule has 4 rings (SSSR count). The van der Waals surface area contributed by atoms with Gasteiger partial charge < -0.3 is 20.5 Å². The van der Waals surface area contributed by atoms with Gasteiger partial charge in [-0.1, -0.05) is 17.7 Å². The number of anilines is 3. The number of benzene rings is 2. The van der Waals surface area contributed by atoms with Gasteiger partial charge in [-0.15, -0.1) is 0 Å². The van der Waals surface area contributed by atoms with Crippen LogP contribution in [0.3, 0.4) is 0 Å². The first-order chi connectivity index (χ1) is 13.6. The fraction of sp³-hybridized carbons (Fsp3) is 0.105. The zero-order chi connectivity index (χ0) is 19.7. The van der Waals surface area contributed by atoms with Gasteiger partial charge in [-0.3, -0.25) is 5.10 Å². The Morgan fingerprint density at radius 1 is 1.04 bits per heavy atom. The fourth-order valence-corrected chi connectivity index (χ4v) is 3.07. The minimum absolute atomic E-state index is 0.143. The van der Waals surface area contributed by atoms with Crippen LogP contribution in [0.1, 0.15) is 0 Å². The molecule has 2 aromatic carbocycles. The first-order valence-electron chi connectivity index (χ1n) is 8.34. The van der Waals surface area contributed by atoms with Crippen molar-refractivity contribution in [1.29, 1.82) is 0 Å². The summed E-state index contributed by atoms with van der Waals surface area (Å²) in [6, 6.07) is 11.0. The molecule has 0 unspecified atom stereocenters. The lowest BCUT2D eigenvalue weighted by Crippen LogP contribution is -2.03. The molecule has 4 N–H and O–H groups in total. The molecule has 9 heteroatoms. The van der Waals surface area contributed by atoms with Gasteiger partial charge in [0, 0.05) is 22.2 Å². The molecule has 0 aliphatic carbocycles. The third-order valence-electron chi connectivity index (χ3n) is 4.26. The molecule has 0 aliphatic heterocycles. The number of ether oxygens (including phenoxy) is 2. The van der Waals surface area contributed by atoms with Gasteiger partial charge in [-0.25, -0.2) is 4.98 Å². The van der Waals surface area contributed by atoms with Gasteiger partial charge in [0.2, 0.25) is 5.95 Å². The maximum absolute atomic E-state index is 6.12. The van der Waals surface area contributed by atoms with Gasteiger partial charge in [-0.2, -0.15) is 10.1 Å². The van der Waals surface area contributed by atoms with E-state index in [-0.39, 0.29) is 5.95 Å². The number of nitrogens with two attached hydrogens (primary N) is 1. The number of fused-ring (bicyclic) bond motifs is 1. The van der Waals surface area contributed by atoms with Crippen LogP contribution in [0.4, 0.5) is 17.6 Å². The van der Waals surface area contributed by atoms with Crippen molar-refractivity contribution in [3.05, 3.63) is 47.6 Å². The van der Waals surface area contributed by atoms with Gasteiger partial charge in [0.15, 0.2) is 17.3 Å². The Labute approximate surface area is 165 Å². The molecule has 0 fully saturated rings. The summed E-state index contributed by atoms with van der Waals surface area (Å²) in [4.78, 5) is 8.47. The number of hydrogen-bond donors (Lipinski definition) is 3. The quantitative estimate of drug-likeness (QED) is 0.467. The summed E-state index contributed by atoms with van der Waals surface area (Å²) in [5, 5.41) is 11.9. The van der Waals surface area contributed by atoms with Crippen molar-refractivity contribution in [2.75, 3.05) is 25.3 Å². The highest BCUT2D eigenvalue weighted by molar-refractivity contribution is 6.31. The van der Waals surface area contributed by atoms with Crippen molar-refractivity contribution in [1.82, 2.24) is 20.2 Å². The molecule has 0 spiro atoms. The lowest BCUT2D eigenvalue weighted by molar-refractivity contribution is 0.355. The van der Waals surface area contributed by atoms with E-state index in [2.05, 4.69) is 25.5 Å². The summed E-state index contributed by atoms with van der Waals surface area (Å²) < 4.78 is 10.7. The van der Waals surface area contributed by atoms with Crippen LogP contribution in [0.5, 0.6) is 11.5 Å². The van der Waals surface area contributed by atoms with Crippen LogP contribution >= 0.6 is 11.6 Å². The SMILES string of the molecule is COc1ccc(-c2cnc(N)nc2Nc2n[nH]c3ccc(Cl)cc23)cc1OC. The Morgan fingerprint density at radius 3 is 2.64 bits per heavy atom. The number of nitrogen functional groups attached to an aromatic ring is 1. The number of aromatic amines is 1. The normalized spacial score (nSPS) is 10.8. The molecular formula is C19H17ClN6O2. The number of H-pyrrole nitrogens is 1. The zero-order valence-corrected chi connectivity index (χ0v) is 15.9. The summed E-state index contributed by atoms with van der Waals surface area (Å²) in [7, 11) is 3.17. The smallest absolute Gasteiger partial charge is 0.221 e. The van der Waals surface area contributed by atoms with E-state index >= 15 is 0 Å². The van der Waals surface area contributed by atoms with Crippen LogP contribution in [-0.4, -0.2) is 34.4 Å². The molecule has 0 atom stereocenters. The van der Waals surface area contributed by atoms with E-state index in [1.165, 1.54) is 0 Å². The summed E-state index contributed by atoms with van der Waals surface area (Å²) in [6.07, 6.45) is 1.65. The molecule has 8 nitrogen and oxygen atoms in total. The van der Waals surface area contributed by atoms with Crippen LogP contribution in [0, 0.1) is 0 Å². The summed E-state index contributed by atoms with van der Waals surface area (Å²) >= 11 is 6.12. The van der Waals surface area contributed by atoms with Crippen LogP contribution in [-0.2, 0) is 0 Å². The minimum atomic E-state index is 0.143. The van der Waals surface area contributed by atoms with E-state index in [1.54, 1.807) is 26.5 Å². The van der Waals surface area contributed by atoms with Crippen molar-refractivity contribution >= 4 is 40.1 Å². The monoisotopic (exact) mass is 396 g/mol. The molecule has 0 aliphatic rings. The summed E-state index contributed by atoms with van der Waals surface area (Å²) in [5.74, 6) is 2.46. The molecular weight excluding hydrogens is 380 g/mol. The molecule has 2 heterocycles. The highest BCUT2D eigenvalue weighted by Crippen LogP contribution is 2.36. The Bertz CT molecular complexity index is 1160. The number of nitrogens with zero attached hydrogens (tertiary/aromatic N) is 3. The molecule has 0 bridgehead atoms. The Hall–Kier alpha value is -3.52. The second kappa shape index (κ2) is 7.24. The van der Waals surface area contributed by atoms with Crippen LogP contribution in [0.25, 0.3) is 22.0 Å². The average Bonchev–Trinajstić information content (AvgIpc) is 3.09. The van der Waals surface area contributed by atoms with Crippen molar-refractivity contribution in [3.8, 4) is 22.6 Å². The van der Waals surface area contributed by atoms with Gasteiger partial charge >= 0.3 is 0 Å². The van der Waals surface area contributed by atoms with Crippen molar-refractivity contribution in [2.24, 2.45) is 0 Å². The molecule has 2 aromatic heterocycles. The van der Waals surface area contributed by atoms with Crippen LogP contribution in [0.15, 0.2) is 42.6 Å². The maximum Gasteiger partial charge on any atom is 0.221 e. The highest BCUT2D eigenvalue weighted by Gasteiger charge is 2.15. The fourth-order valence-electron chi connectivity index (χ4n) is 2.90. The number of methoxy groups -OCH3 is 2. The molecule has 0 saturated heterocycles. The van der Waals surface area contributed by atoms with Gasteiger partial charge in [-0.05, 0) is 35.9 Å². The first kappa shape index (κ1) is 17.9. The average molecular weight is 397 g/mol. The molecule has 28 heavy (non-hydrogen) atoms. The third kappa shape index (κ3) is 3.25. The molecule has 142 valence electrons. The number of halogens is 1. The second-order valence-corrected chi connectivity index (χ2v) is 6.38. The zero-order valence-electron chi connectivity index (χ0n) is 15.2. The lowest BCUT2D eigenvalue weighted by Gasteiger charge is -2.13. The predicted molar refractivity (Wildman–Crippen MR) is 109 cm³/mol. The Morgan fingerprint density at radius 2 is 1.86 bits per heavy atom. The molecule has 4 aromatic rings. The van der Waals surface area contributed by atoms with E-state index < -0.39 is 0 Å². The molecule has 0 saturated carbocycles. The topological polar surface area (TPSA) is 111 Å². The maximum atomic E-state index is 6.12. The second-order valence-electron chi connectivity index (χ2n) is 5.95.